The molecular formula is C23H19FN4O3. The zero-order valence-electron chi connectivity index (χ0n) is 16.9. The smallest absolute Gasteiger partial charge is 0.279 e. The summed E-state index contributed by atoms with van der Waals surface area (Å²) in [5.74, 6) is -0.940. The minimum absolute atomic E-state index is 0.0503. The van der Waals surface area contributed by atoms with Crippen LogP contribution in [0.1, 0.15) is 27.0 Å². The molecule has 2 aromatic heterocycles. The zero-order valence-corrected chi connectivity index (χ0v) is 16.9. The molecule has 4 rings (SSSR count). The van der Waals surface area contributed by atoms with Crippen molar-refractivity contribution in [3.05, 3.63) is 97.8 Å². The lowest BCUT2D eigenvalue weighted by molar-refractivity contribution is 0.105. The summed E-state index contributed by atoms with van der Waals surface area (Å²) in [6, 6.07) is 8.29. The van der Waals surface area contributed by atoms with Crippen molar-refractivity contribution in [1.82, 2.24) is 20.0 Å². The van der Waals surface area contributed by atoms with Gasteiger partial charge >= 0.3 is 0 Å². The Bertz CT molecular complexity index is 1460. The Morgan fingerprint density at radius 3 is 2.55 bits per heavy atom. The van der Waals surface area contributed by atoms with Gasteiger partial charge in [-0.15, -0.1) is 0 Å². The van der Waals surface area contributed by atoms with E-state index in [1.54, 1.807) is 19.9 Å². The molecule has 2 aromatic carbocycles. The number of halogens is 1. The first-order valence-corrected chi connectivity index (χ1v) is 9.42. The van der Waals surface area contributed by atoms with Crippen LogP contribution >= 0.6 is 0 Å². The van der Waals surface area contributed by atoms with Gasteiger partial charge in [0.25, 0.3) is 5.56 Å². The number of hydrogen-bond acceptors (Lipinski definition) is 4. The van der Waals surface area contributed by atoms with Gasteiger partial charge in [-0.25, -0.2) is 9.07 Å². The fourth-order valence-electron chi connectivity index (χ4n) is 3.50. The molecule has 7 nitrogen and oxygen atoms in total. The molecule has 0 fully saturated rings. The number of benzene rings is 2. The van der Waals surface area contributed by atoms with Crippen LogP contribution in [0.5, 0.6) is 5.75 Å². The number of ketones is 1. The molecule has 0 aliphatic heterocycles. The van der Waals surface area contributed by atoms with Crippen LogP contribution in [-0.4, -0.2) is 30.9 Å². The number of rotatable bonds is 4. The largest absolute Gasteiger partial charge is 0.508 e. The standard InChI is InChI=1S/C23H19FN4O3/c1-12-8-18(29)9-19(13(12)2)22(30)21(15-10-25-26-11-15)20-14(3)27-28(23(20)31)17-6-4-16(24)5-7-17/h4-11,27,29H,3H2,1-2H3,(H,25,26). The lowest BCUT2D eigenvalue weighted by Gasteiger charge is -2.10. The van der Waals surface area contributed by atoms with E-state index in [0.29, 0.717) is 16.8 Å². The van der Waals surface area contributed by atoms with Crippen molar-refractivity contribution in [3.8, 4) is 11.4 Å². The van der Waals surface area contributed by atoms with Crippen LogP contribution in [0, 0.1) is 19.7 Å². The van der Waals surface area contributed by atoms with E-state index in [1.165, 1.54) is 47.4 Å². The molecule has 0 unspecified atom stereocenters. The molecule has 0 aliphatic rings. The quantitative estimate of drug-likeness (QED) is 0.440. The molecule has 3 N–H and O–H groups in total. The summed E-state index contributed by atoms with van der Waals surface area (Å²) in [5.41, 5.74) is 2.06. The Morgan fingerprint density at radius 1 is 1.19 bits per heavy atom. The summed E-state index contributed by atoms with van der Waals surface area (Å²) in [6.07, 6.45) is 2.94. The van der Waals surface area contributed by atoms with Crippen molar-refractivity contribution in [2.75, 3.05) is 0 Å². The molecule has 31 heavy (non-hydrogen) atoms. The predicted molar refractivity (Wildman–Crippen MR) is 114 cm³/mol. The van der Waals surface area contributed by atoms with Crippen molar-refractivity contribution >= 4 is 17.9 Å². The number of phenols is 1. The number of carbonyl (C=O) groups excluding carboxylic acids is 1. The number of phenolic OH excluding ortho intramolecular Hbond substituents is 1. The minimum atomic E-state index is -0.518. The third kappa shape index (κ3) is 3.48. The zero-order chi connectivity index (χ0) is 22.3. The summed E-state index contributed by atoms with van der Waals surface area (Å²) >= 11 is 0. The van der Waals surface area contributed by atoms with E-state index in [1.807, 2.05) is 0 Å². The summed E-state index contributed by atoms with van der Waals surface area (Å²) in [5, 5.41) is 19.7. The number of aromatic nitrogens is 4. The Morgan fingerprint density at radius 2 is 1.90 bits per heavy atom. The highest BCUT2D eigenvalue weighted by Crippen LogP contribution is 2.25. The van der Waals surface area contributed by atoms with Crippen molar-refractivity contribution in [2.24, 2.45) is 0 Å². The maximum Gasteiger partial charge on any atom is 0.279 e. The van der Waals surface area contributed by atoms with Crippen LogP contribution in [0.25, 0.3) is 17.8 Å². The number of aromatic amines is 2. The molecule has 2 heterocycles. The number of nitrogens with one attached hydrogen (secondary N) is 2. The van der Waals surface area contributed by atoms with Gasteiger partial charge in [0, 0.05) is 22.9 Å². The molecule has 0 aliphatic carbocycles. The maximum atomic E-state index is 13.6. The molecule has 4 aromatic rings. The summed E-state index contributed by atoms with van der Waals surface area (Å²) in [4.78, 5) is 26.9. The van der Waals surface area contributed by atoms with Gasteiger partial charge in [0.2, 0.25) is 0 Å². The lowest BCUT2D eigenvalue weighted by atomic mass is 9.92. The van der Waals surface area contributed by atoms with Crippen LogP contribution in [0.4, 0.5) is 4.39 Å². The topological polar surface area (TPSA) is 104 Å². The number of aromatic hydroxyl groups is 1. The Balaban J connectivity index is 2.06. The second-order valence-corrected chi connectivity index (χ2v) is 7.21. The normalized spacial score (nSPS) is 12.1. The number of Topliss-reactive ketones (excluding diaryl/α,β-unsaturated/α-hetero) is 1. The monoisotopic (exact) mass is 418 g/mol. The second kappa shape index (κ2) is 7.56. The molecule has 0 spiro atoms. The van der Waals surface area contributed by atoms with Gasteiger partial charge in [0.1, 0.15) is 11.6 Å². The van der Waals surface area contributed by atoms with E-state index < -0.39 is 17.2 Å². The molecule has 8 heteroatoms. The first-order valence-electron chi connectivity index (χ1n) is 9.42. The van der Waals surface area contributed by atoms with Crippen molar-refractivity contribution in [3.63, 3.8) is 0 Å². The maximum absolute atomic E-state index is 13.6. The third-order valence-electron chi connectivity index (χ3n) is 5.21. The van der Waals surface area contributed by atoms with Gasteiger partial charge in [0.15, 0.2) is 5.78 Å². The van der Waals surface area contributed by atoms with Crippen LogP contribution in [-0.2, 0) is 0 Å². The van der Waals surface area contributed by atoms with E-state index in [4.69, 9.17) is 0 Å². The van der Waals surface area contributed by atoms with E-state index in [-0.39, 0.29) is 27.5 Å². The predicted octanol–water partition coefficient (Wildman–Crippen LogP) is 1.84. The minimum Gasteiger partial charge on any atom is -0.508 e. The van der Waals surface area contributed by atoms with Crippen molar-refractivity contribution in [1.29, 1.82) is 0 Å². The first kappa shape index (κ1) is 20.1. The number of aryl methyl sites for hydroxylation is 1. The van der Waals surface area contributed by atoms with Gasteiger partial charge in [-0.1, -0.05) is 6.58 Å². The highest BCUT2D eigenvalue weighted by atomic mass is 19.1. The molecule has 0 radical (unpaired) electrons. The SMILES string of the molecule is C=c1[nH]n(-c2ccc(F)cc2)c(=O)c1=C(C(=O)c1cc(O)cc(C)c1C)c1cn[nH]c1. The van der Waals surface area contributed by atoms with Gasteiger partial charge in [-0.05, 0) is 61.4 Å². The molecule has 0 bridgehead atoms. The fraction of sp³-hybridized carbons (Fsp3) is 0.0870. The number of hydrogen-bond donors (Lipinski definition) is 3. The molecule has 0 saturated heterocycles. The fourth-order valence-corrected chi connectivity index (χ4v) is 3.50. The van der Waals surface area contributed by atoms with Crippen molar-refractivity contribution in [2.45, 2.75) is 13.8 Å². The molecule has 156 valence electrons. The molecule has 0 saturated carbocycles. The Hall–Kier alpha value is -4.20. The van der Waals surface area contributed by atoms with Gasteiger partial charge in [-0.3, -0.25) is 19.8 Å². The number of H-pyrrole nitrogens is 2. The third-order valence-corrected chi connectivity index (χ3v) is 5.21. The van der Waals surface area contributed by atoms with Gasteiger partial charge in [0.05, 0.1) is 22.5 Å². The Kier molecular flexibility index (Phi) is 4.90. The Labute approximate surface area is 175 Å². The van der Waals surface area contributed by atoms with Crippen molar-refractivity contribution < 1.29 is 14.3 Å². The summed E-state index contributed by atoms with van der Waals surface area (Å²) in [7, 11) is 0. The molecular weight excluding hydrogens is 399 g/mol. The van der Waals surface area contributed by atoms with Gasteiger partial charge in [-0.2, -0.15) is 5.10 Å². The van der Waals surface area contributed by atoms with Crippen LogP contribution in [0.15, 0.2) is 53.6 Å². The number of carbonyl (C=O) groups is 1. The molecule has 0 amide bonds. The highest BCUT2D eigenvalue weighted by Gasteiger charge is 2.22. The van der Waals surface area contributed by atoms with Gasteiger partial charge < -0.3 is 5.11 Å². The van der Waals surface area contributed by atoms with Crippen LogP contribution in [0.3, 0.4) is 0 Å². The van der Waals surface area contributed by atoms with E-state index in [9.17, 15) is 19.1 Å². The highest BCUT2D eigenvalue weighted by molar-refractivity contribution is 6.29. The van der Waals surface area contributed by atoms with E-state index >= 15 is 0 Å². The lowest BCUT2D eigenvalue weighted by Crippen LogP contribution is -2.38. The molecule has 0 atom stereocenters. The second-order valence-electron chi connectivity index (χ2n) is 7.21. The van der Waals surface area contributed by atoms with E-state index in [2.05, 4.69) is 21.9 Å². The number of nitrogens with zero attached hydrogens (tertiary/aromatic N) is 2. The van der Waals surface area contributed by atoms with Crippen LogP contribution in [0.2, 0.25) is 0 Å². The van der Waals surface area contributed by atoms with E-state index in [0.717, 1.165) is 5.56 Å². The summed E-state index contributed by atoms with van der Waals surface area (Å²) in [6.45, 7) is 7.46. The first-order chi connectivity index (χ1) is 14.8. The average molecular weight is 418 g/mol. The summed E-state index contributed by atoms with van der Waals surface area (Å²) < 4.78 is 14.5. The van der Waals surface area contributed by atoms with Crippen LogP contribution < -0.4 is 16.1 Å². The average Bonchev–Trinajstić information content (AvgIpc) is 3.35.